The smallest absolute Gasteiger partial charge is 0.121 e. The summed E-state index contributed by atoms with van der Waals surface area (Å²) in [5, 5.41) is 8.57. The van der Waals surface area contributed by atoms with E-state index in [-0.39, 0.29) is 6.10 Å². The number of ether oxygens (including phenoxy) is 1. The predicted octanol–water partition coefficient (Wildman–Crippen LogP) is 4.78. The van der Waals surface area contributed by atoms with Gasteiger partial charge in [-0.05, 0) is 66.9 Å². The van der Waals surface area contributed by atoms with Crippen molar-refractivity contribution < 1.29 is 4.74 Å². The Kier molecular flexibility index (Phi) is 6.55. The summed E-state index contributed by atoms with van der Waals surface area (Å²) in [7, 11) is 0. The normalized spacial score (nSPS) is 13.9. The number of rotatable bonds is 8. The molecule has 0 bridgehead atoms. The zero-order valence-corrected chi connectivity index (χ0v) is 14.1. The van der Waals surface area contributed by atoms with Crippen LogP contribution in [-0.4, -0.2) is 18.7 Å². The van der Waals surface area contributed by atoms with Gasteiger partial charge in [-0.15, -0.1) is 0 Å². The highest BCUT2D eigenvalue weighted by atomic mass is 35.5. The van der Waals surface area contributed by atoms with Gasteiger partial charge in [-0.3, -0.25) is 0 Å². The third kappa shape index (κ3) is 5.34. The second-order valence-electron chi connectivity index (χ2n) is 5.11. The highest BCUT2D eigenvalue weighted by Gasteiger charge is 2.18. The standard InChI is InChI=1S/C17H22ClNOS/c1-3-19-17(8-7-14-9-10-21-12-14)13(2)20-16-6-4-5-15(18)11-16/h4-6,9-13,17,19H,3,7-8H2,1-2H3. The average molecular weight is 324 g/mol. The van der Waals surface area contributed by atoms with Gasteiger partial charge in [-0.25, -0.2) is 0 Å². The summed E-state index contributed by atoms with van der Waals surface area (Å²) in [6, 6.07) is 10.1. The molecule has 0 amide bonds. The molecule has 0 radical (unpaired) electrons. The number of aryl methyl sites for hydroxylation is 1. The van der Waals surface area contributed by atoms with Gasteiger partial charge in [-0.2, -0.15) is 11.3 Å². The van der Waals surface area contributed by atoms with Crippen LogP contribution in [0.5, 0.6) is 5.75 Å². The molecule has 0 aliphatic heterocycles. The minimum atomic E-state index is 0.0991. The molecule has 0 aliphatic rings. The van der Waals surface area contributed by atoms with Gasteiger partial charge in [0.05, 0.1) is 0 Å². The molecule has 0 saturated carbocycles. The third-order valence-corrected chi connectivity index (χ3v) is 4.44. The van der Waals surface area contributed by atoms with E-state index in [0.717, 1.165) is 25.1 Å². The van der Waals surface area contributed by atoms with Crippen molar-refractivity contribution in [1.82, 2.24) is 5.32 Å². The first-order chi connectivity index (χ1) is 10.2. The summed E-state index contributed by atoms with van der Waals surface area (Å²) < 4.78 is 6.04. The van der Waals surface area contributed by atoms with Gasteiger partial charge in [0.2, 0.25) is 0 Å². The molecule has 1 heterocycles. The molecule has 0 fully saturated rings. The SMILES string of the molecule is CCNC(CCc1ccsc1)C(C)Oc1cccc(Cl)c1. The minimum Gasteiger partial charge on any atom is -0.489 e. The molecule has 2 aromatic rings. The Balaban J connectivity index is 1.92. The van der Waals surface area contributed by atoms with Crippen molar-refractivity contribution >= 4 is 22.9 Å². The van der Waals surface area contributed by atoms with E-state index in [4.69, 9.17) is 16.3 Å². The van der Waals surface area contributed by atoms with Crippen molar-refractivity contribution in [1.29, 1.82) is 0 Å². The fourth-order valence-corrected chi connectivity index (χ4v) is 3.24. The lowest BCUT2D eigenvalue weighted by molar-refractivity contribution is 0.165. The third-order valence-electron chi connectivity index (χ3n) is 3.48. The van der Waals surface area contributed by atoms with Gasteiger partial charge in [0.1, 0.15) is 11.9 Å². The predicted molar refractivity (Wildman–Crippen MR) is 91.6 cm³/mol. The molecule has 4 heteroatoms. The number of likely N-dealkylation sites (N-methyl/N-ethyl adjacent to an activating group) is 1. The maximum absolute atomic E-state index is 6.04. The Morgan fingerprint density at radius 3 is 2.86 bits per heavy atom. The molecule has 1 aromatic heterocycles. The monoisotopic (exact) mass is 323 g/mol. The summed E-state index contributed by atoms with van der Waals surface area (Å²) in [6.07, 6.45) is 2.23. The lowest BCUT2D eigenvalue weighted by Gasteiger charge is -2.25. The molecular formula is C17H22ClNOS. The Labute approximate surface area is 136 Å². The van der Waals surface area contributed by atoms with Crippen molar-refractivity contribution in [3.05, 3.63) is 51.7 Å². The lowest BCUT2D eigenvalue weighted by atomic mass is 10.0. The molecule has 114 valence electrons. The van der Waals surface area contributed by atoms with Crippen LogP contribution in [-0.2, 0) is 6.42 Å². The maximum Gasteiger partial charge on any atom is 0.121 e. The lowest BCUT2D eigenvalue weighted by Crippen LogP contribution is -2.41. The molecule has 2 unspecified atom stereocenters. The van der Waals surface area contributed by atoms with Gasteiger partial charge in [0, 0.05) is 11.1 Å². The Morgan fingerprint density at radius 2 is 2.19 bits per heavy atom. The largest absolute Gasteiger partial charge is 0.489 e. The molecule has 2 atom stereocenters. The molecule has 2 nitrogen and oxygen atoms in total. The summed E-state index contributed by atoms with van der Waals surface area (Å²) in [6.45, 7) is 5.18. The van der Waals surface area contributed by atoms with E-state index in [2.05, 4.69) is 36.0 Å². The Hall–Kier alpha value is -1.03. The van der Waals surface area contributed by atoms with E-state index in [0.29, 0.717) is 11.1 Å². The molecule has 0 saturated heterocycles. The zero-order chi connectivity index (χ0) is 15.1. The van der Waals surface area contributed by atoms with Crippen LogP contribution in [0.2, 0.25) is 5.02 Å². The van der Waals surface area contributed by atoms with Gasteiger partial charge in [0.25, 0.3) is 0 Å². The van der Waals surface area contributed by atoms with Crippen molar-refractivity contribution in [3.63, 3.8) is 0 Å². The highest BCUT2D eigenvalue weighted by Crippen LogP contribution is 2.20. The van der Waals surface area contributed by atoms with Gasteiger partial charge in [0.15, 0.2) is 0 Å². The van der Waals surface area contributed by atoms with Gasteiger partial charge in [-0.1, -0.05) is 24.6 Å². The van der Waals surface area contributed by atoms with Crippen molar-refractivity contribution in [2.45, 2.75) is 38.8 Å². The summed E-state index contributed by atoms with van der Waals surface area (Å²) in [5.41, 5.74) is 1.40. The fourth-order valence-electron chi connectivity index (χ4n) is 2.36. The Bertz CT molecular complexity index is 529. The number of halogens is 1. The number of thiophene rings is 1. The van der Waals surface area contributed by atoms with Gasteiger partial charge >= 0.3 is 0 Å². The fraction of sp³-hybridized carbons (Fsp3) is 0.412. The van der Waals surface area contributed by atoms with E-state index in [1.807, 2.05) is 24.3 Å². The van der Waals surface area contributed by atoms with Crippen LogP contribution in [0.1, 0.15) is 25.8 Å². The minimum absolute atomic E-state index is 0.0991. The second-order valence-corrected chi connectivity index (χ2v) is 6.33. The number of hydrogen-bond donors (Lipinski definition) is 1. The average Bonchev–Trinajstić information content (AvgIpc) is 2.96. The number of hydrogen-bond acceptors (Lipinski definition) is 3. The molecule has 2 rings (SSSR count). The first-order valence-electron chi connectivity index (χ1n) is 7.35. The maximum atomic E-state index is 6.04. The van der Waals surface area contributed by atoms with Crippen LogP contribution in [0.25, 0.3) is 0 Å². The zero-order valence-electron chi connectivity index (χ0n) is 12.5. The van der Waals surface area contributed by atoms with Gasteiger partial charge < -0.3 is 10.1 Å². The molecule has 1 N–H and O–H groups in total. The first kappa shape index (κ1) is 16.3. The summed E-state index contributed by atoms with van der Waals surface area (Å²) >= 11 is 7.75. The Morgan fingerprint density at radius 1 is 1.33 bits per heavy atom. The molecule has 21 heavy (non-hydrogen) atoms. The number of benzene rings is 1. The van der Waals surface area contributed by atoms with E-state index in [9.17, 15) is 0 Å². The molecule has 1 aromatic carbocycles. The summed E-state index contributed by atoms with van der Waals surface area (Å²) in [5.74, 6) is 0.827. The molecule has 0 aliphatic carbocycles. The van der Waals surface area contributed by atoms with Crippen LogP contribution in [0.4, 0.5) is 0 Å². The van der Waals surface area contributed by atoms with Crippen LogP contribution in [0, 0.1) is 0 Å². The molecule has 0 spiro atoms. The van der Waals surface area contributed by atoms with Crippen LogP contribution in [0.3, 0.4) is 0 Å². The van der Waals surface area contributed by atoms with Crippen molar-refractivity contribution in [2.75, 3.05) is 6.54 Å². The van der Waals surface area contributed by atoms with Crippen LogP contribution >= 0.6 is 22.9 Å². The number of nitrogens with one attached hydrogen (secondary N) is 1. The van der Waals surface area contributed by atoms with E-state index >= 15 is 0 Å². The summed E-state index contributed by atoms with van der Waals surface area (Å²) in [4.78, 5) is 0. The quantitative estimate of drug-likeness (QED) is 0.755. The van der Waals surface area contributed by atoms with Crippen molar-refractivity contribution in [2.24, 2.45) is 0 Å². The van der Waals surface area contributed by atoms with E-state index < -0.39 is 0 Å². The van der Waals surface area contributed by atoms with Crippen LogP contribution < -0.4 is 10.1 Å². The molecular weight excluding hydrogens is 302 g/mol. The topological polar surface area (TPSA) is 21.3 Å². The first-order valence-corrected chi connectivity index (χ1v) is 8.67. The van der Waals surface area contributed by atoms with Crippen LogP contribution in [0.15, 0.2) is 41.1 Å². The second kappa shape index (κ2) is 8.42. The van der Waals surface area contributed by atoms with Crippen molar-refractivity contribution in [3.8, 4) is 5.75 Å². The van der Waals surface area contributed by atoms with E-state index in [1.54, 1.807) is 11.3 Å². The highest BCUT2D eigenvalue weighted by molar-refractivity contribution is 7.07. The van der Waals surface area contributed by atoms with E-state index in [1.165, 1.54) is 5.56 Å².